The van der Waals surface area contributed by atoms with Gasteiger partial charge in [0.15, 0.2) is 11.2 Å². The minimum atomic E-state index is -0.559. The average molecular weight is 293 g/mol. The molecule has 0 saturated carbocycles. The zero-order valence-electron chi connectivity index (χ0n) is 11.7. The highest BCUT2D eigenvalue weighted by Gasteiger charge is 2.31. The van der Waals surface area contributed by atoms with Crippen molar-refractivity contribution in [3.8, 4) is 5.75 Å². The van der Waals surface area contributed by atoms with Crippen LogP contribution < -0.4 is 20.3 Å². The molecule has 2 rings (SSSR count). The fourth-order valence-electron chi connectivity index (χ4n) is 2.05. The SMILES string of the molecule is CCCNC(=S)N1C[C@H](C(=O)NC)Oc2ccccc21. The fourth-order valence-corrected chi connectivity index (χ4v) is 2.33. The number of thiocarbonyl (C=S) groups is 1. The number of nitrogens with one attached hydrogen (secondary N) is 2. The molecular formula is C14H19N3O2S. The number of rotatable bonds is 3. The molecule has 0 bridgehead atoms. The molecule has 6 heteroatoms. The lowest BCUT2D eigenvalue weighted by Crippen LogP contribution is -2.52. The Morgan fingerprint density at radius 2 is 2.25 bits per heavy atom. The number of likely N-dealkylation sites (N-methyl/N-ethyl adjacent to an activating group) is 1. The Kier molecular flexibility index (Phi) is 4.79. The summed E-state index contributed by atoms with van der Waals surface area (Å²) in [7, 11) is 1.60. The van der Waals surface area contributed by atoms with Crippen molar-refractivity contribution in [2.75, 3.05) is 25.0 Å². The maximum atomic E-state index is 11.8. The summed E-state index contributed by atoms with van der Waals surface area (Å²) in [6, 6.07) is 7.60. The van der Waals surface area contributed by atoms with Crippen LogP contribution in [0.15, 0.2) is 24.3 Å². The third-order valence-corrected chi connectivity index (χ3v) is 3.45. The predicted octanol–water partition coefficient (Wildman–Crippen LogP) is 1.28. The van der Waals surface area contributed by atoms with Crippen LogP contribution in [0.2, 0.25) is 0 Å². The Bertz CT molecular complexity index is 507. The van der Waals surface area contributed by atoms with E-state index in [-0.39, 0.29) is 5.91 Å². The number of anilines is 1. The van der Waals surface area contributed by atoms with E-state index in [4.69, 9.17) is 17.0 Å². The van der Waals surface area contributed by atoms with Gasteiger partial charge in [-0.1, -0.05) is 19.1 Å². The van der Waals surface area contributed by atoms with Gasteiger partial charge in [0.1, 0.15) is 5.75 Å². The van der Waals surface area contributed by atoms with Gasteiger partial charge in [0.05, 0.1) is 12.2 Å². The van der Waals surface area contributed by atoms with Gasteiger partial charge in [-0.2, -0.15) is 0 Å². The lowest BCUT2D eigenvalue weighted by molar-refractivity contribution is -0.127. The Morgan fingerprint density at radius 1 is 1.50 bits per heavy atom. The molecule has 1 aromatic rings. The van der Waals surface area contributed by atoms with Crippen LogP contribution >= 0.6 is 12.2 Å². The first-order valence-electron chi connectivity index (χ1n) is 6.70. The molecule has 108 valence electrons. The number of hydrogen-bond acceptors (Lipinski definition) is 3. The largest absolute Gasteiger partial charge is 0.477 e. The van der Waals surface area contributed by atoms with Crippen molar-refractivity contribution in [1.82, 2.24) is 10.6 Å². The monoisotopic (exact) mass is 293 g/mol. The number of nitrogens with zero attached hydrogens (tertiary/aromatic N) is 1. The maximum Gasteiger partial charge on any atom is 0.262 e. The lowest BCUT2D eigenvalue weighted by atomic mass is 10.2. The molecule has 5 nitrogen and oxygen atoms in total. The second-order valence-corrected chi connectivity index (χ2v) is 4.92. The number of carbonyl (C=O) groups excluding carboxylic acids is 1. The van der Waals surface area contributed by atoms with Crippen LogP contribution in [-0.4, -0.2) is 37.3 Å². The topological polar surface area (TPSA) is 53.6 Å². The van der Waals surface area contributed by atoms with Crippen LogP contribution in [0.25, 0.3) is 0 Å². The van der Waals surface area contributed by atoms with E-state index in [1.807, 2.05) is 29.2 Å². The first-order valence-corrected chi connectivity index (χ1v) is 7.10. The number of amides is 1. The lowest BCUT2D eigenvalue weighted by Gasteiger charge is -2.35. The van der Waals surface area contributed by atoms with Crippen molar-refractivity contribution in [1.29, 1.82) is 0 Å². The number of carbonyl (C=O) groups is 1. The second kappa shape index (κ2) is 6.56. The molecule has 1 aliphatic rings. The number of fused-ring (bicyclic) bond motifs is 1. The summed E-state index contributed by atoms with van der Waals surface area (Å²) in [5.41, 5.74) is 0.890. The van der Waals surface area contributed by atoms with E-state index < -0.39 is 6.10 Å². The second-order valence-electron chi connectivity index (χ2n) is 4.53. The van der Waals surface area contributed by atoms with Crippen molar-refractivity contribution < 1.29 is 9.53 Å². The minimum Gasteiger partial charge on any atom is -0.477 e. The van der Waals surface area contributed by atoms with Crippen LogP contribution in [0.3, 0.4) is 0 Å². The molecule has 0 aromatic heterocycles. The van der Waals surface area contributed by atoms with Gasteiger partial charge in [0, 0.05) is 13.6 Å². The highest BCUT2D eigenvalue weighted by atomic mass is 32.1. The van der Waals surface area contributed by atoms with Crippen LogP contribution in [0, 0.1) is 0 Å². The molecule has 0 radical (unpaired) electrons. The minimum absolute atomic E-state index is 0.150. The Morgan fingerprint density at radius 3 is 2.95 bits per heavy atom. The standard InChI is InChI=1S/C14H19N3O2S/c1-3-8-16-14(20)17-9-12(13(18)15-2)19-11-7-5-4-6-10(11)17/h4-7,12H,3,8-9H2,1-2H3,(H,15,18)(H,16,20)/t12-/m1/s1. The van der Waals surface area contributed by atoms with Gasteiger partial charge >= 0.3 is 0 Å². The van der Waals surface area contributed by atoms with Crippen LogP contribution in [0.4, 0.5) is 5.69 Å². The number of hydrogen-bond donors (Lipinski definition) is 2. The Labute approximate surface area is 124 Å². The third kappa shape index (κ3) is 3.01. The smallest absolute Gasteiger partial charge is 0.262 e. The summed E-state index contributed by atoms with van der Waals surface area (Å²) in [5, 5.41) is 6.43. The Balaban J connectivity index is 2.25. The summed E-state index contributed by atoms with van der Waals surface area (Å²) in [6.45, 7) is 3.30. The van der Waals surface area contributed by atoms with Crippen LogP contribution in [-0.2, 0) is 4.79 Å². The summed E-state index contributed by atoms with van der Waals surface area (Å²) in [4.78, 5) is 13.8. The van der Waals surface area contributed by atoms with Gasteiger partial charge in [-0.15, -0.1) is 0 Å². The van der Waals surface area contributed by atoms with Crippen molar-refractivity contribution in [2.24, 2.45) is 0 Å². The van der Waals surface area contributed by atoms with E-state index in [0.29, 0.717) is 17.4 Å². The molecule has 1 atom stereocenters. The molecule has 1 heterocycles. The van der Waals surface area contributed by atoms with Crippen LogP contribution in [0.5, 0.6) is 5.75 Å². The normalized spacial score (nSPS) is 16.9. The molecule has 1 amide bonds. The van der Waals surface area contributed by atoms with Crippen molar-refractivity contribution in [3.63, 3.8) is 0 Å². The number of para-hydroxylation sites is 2. The molecule has 2 N–H and O–H groups in total. The van der Waals surface area contributed by atoms with Gasteiger partial charge in [0.2, 0.25) is 0 Å². The molecule has 1 aromatic carbocycles. The summed E-state index contributed by atoms with van der Waals surface area (Å²) in [5.74, 6) is 0.524. The highest BCUT2D eigenvalue weighted by Crippen LogP contribution is 2.33. The zero-order valence-corrected chi connectivity index (χ0v) is 12.5. The van der Waals surface area contributed by atoms with Crippen molar-refractivity contribution in [2.45, 2.75) is 19.4 Å². The van der Waals surface area contributed by atoms with Gasteiger partial charge in [-0.3, -0.25) is 4.79 Å². The van der Waals surface area contributed by atoms with E-state index in [0.717, 1.165) is 18.7 Å². The van der Waals surface area contributed by atoms with Crippen molar-refractivity contribution >= 4 is 28.9 Å². The molecule has 1 aliphatic heterocycles. The summed E-state index contributed by atoms with van der Waals surface area (Å²) in [6.07, 6.45) is 0.432. The Hall–Kier alpha value is -1.82. The van der Waals surface area contributed by atoms with Gasteiger partial charge in [-0.05, 0) is 30.8 Å². The highest BCUT2D eigenvalue weighted by molar-refractivity contribution is 7.80. The maximum absolute atomic E-state index is 11.8. The van der Waals surface area contributed by atoms with Gasteiger partial charge in [0.25, 0.3) is 5.91 Å². The van der Waals surface area contributed by atoms with Gasteiger partial charge in [-0.25, -0.2) is 0 Å². The molecular weight excluding hydrogens is 274 g/mol. The summed E-state index contributed by atoms with van der Waals surface area (Å²) < 4.78 is 5.73. The molecule has 0 unspecified atom stereocenters. The molecule has 0 spiro atoms. The zero-order chi connectivity index (χ0) is 14.5. The van der Waals surface area contributed by atoms with E-state index in [2.05, 4.69) is 17.6 Å². The molecule has 0 fully saturated rings. The molecule has 0 saturated heterocycles. The first-order chi connectivity index (χ1) is 9.67. The first kappa shape index (κ1) is 14.6. The van der Waals surface area contributed by atoms with E-state index in [1.54, 1.807) is 7.05 Å². The third-order valence-electron chi connectivity index (χ3n) is 3.08. The van der Waals surface area contributed by atoms with Crippen molar-refractivity contribution in [3.05, 3.63) is 24.3 Å². The summed E-state index contributed by atoms with van der Waals surface area (Å²) >= 11 is 5.42. The molecule has 20 heavy (non-hydrogen) atoms. The van der Waals surface area contributed by atoms with Crippen LogP contribution in [0.1, 0.15) is 13.3 Å². The fraction of sp³-hybridized carbons (Fsp3) is 0.429. The van der Waals surface area contributed by atoms with E-state index >= 15 is 0 Å². The quantitative estimate of drug-likeness (QED) is 0.822. The van der Waals surface area contributed by atoms with E-state index in [9.17, 15) is 4.79 Å². The number of benzene rings is 1. The predicted molar refractivity (Wildman–Crippen MR) is 83.2 cm³/mol. The average Bonchev–Trinajstić information content (AvgIpc) is 2.50. The van der Waals surface area contributed by atoms with Gasteiger partial charge < -0.3 is 20.3 Å². The number of ether oxygens (including phenoxy) is 1. The molecule has 0 aliphatic carbocycles. The van der Waals surface area contributed by atoms with E-state index in [1.165, 1.54) is 0 Å².